The van der Waals surface area contributed by atoms with Crippen molar-refractivity contribution in [3.05, 3.63) is 233 Å². The minimum Gasteiger partial charge on any atom is -0.456 e. The first-order valence-electron chi connectivity index (χ1n) is 18.6. The number of hydrogen-bond acceptors (Lipinski definition) is 3. The van der Waals surface area contributed by atoms with Gasteiger partial charge in [0.05, 0.1) is 17.1 Å². The van der Waals surface area contributed by atoms with Crippen molar-refractivity contribution in [2.75, 3.05) is 0 Å². The molecule has 0 radical (unpaired) electrons. The van der Waals surface area contributed by atoms with Crippen molar-refractivity contribution in [1.82, 2.24) is 5.32 Å². The fourth-order valence-corrected chi connectivity index (χ4v) is 9.12. The number of hydrogen-bond donors (Lipinski definition) is 1. The van der Waals surface area contributed by atoms with Gasteiger partial charge >= 0.3 is 0 Å². The Bertz CT molecular complexity index is 2740. The zero-order valence-electron chi connectivity index (χ0n) is 29.4. The number of fused-ring (bicyclic) bond motifs is 10. The molecule has 0 fully saturated rings. The first-order chi connectivity index (χ1) is 26.8. The molecular formula is C51H34N2O. The Labute approximate surface area is 314 Å². The lowest BCUT2D eigenvalue weighted by Crippen LogP contribution is -2.33. The van der Waals surface area contributed by atoms with Crippen LogP contribution in [0.5, 0.6) is 11.5 Å². The molecule has 0 saturated carbocycles. The van der Waals surface area contributed by atoms with E-state index in [-0.39, 0.29) is 6.04 Å². The molecule has 254 valence electrons. The fourth-order valence-electron chi connectivity index (χ4n) is 9.12. The molecule has 3 nitrogen and oxygen atoms in total. The topological polar surface area (TPSA) is 33.6 Å². The summed E-state index contributed by atoms with van der Waals surface area (Å²) < 4.78 is 6.94. The number of nitrogens with zero attached hydrogens (tertiary/aromatic N) is 1. The summed E-state index contributed by atoms with van der Waals surface area (Å²) in [5, 5.41) is 3.80. The lowest BCUT2D eigenvalue weighted by Gasteiger charge is -2.40. The molecule has 2 aliphatic heterocycles. The van der Waals surface area contributed by atoms with Crippen LogP contribution in [0.15, 0.2) is 199 Å². The van der Waals surface area contributed by atoms with Crippen molar-refractivity contribution in [3.63, 3.8) is 0 Å². The summed E-state index contributed by atoms with van der Waals surface area (Å²) in [6.07, 6.45) is 0. The van der Waals surface area contributed by atoms with Gasteiger partial charge in [0.25, 0.3) is 0 Å². The SMILES string of the molecule is c1ccc(C2NC(c3ccccc3-c3ccc(-c4cccc5c4Oc4ccccc4C54c5ccccc5-c5ccccc54)cc3)=Nc3ccccc32)cc1. The molecule has 1 aliphatic carbocycles. The van der Waals surface area contributed by atoms with Gasteiger partial charge in [-0.3, -0.25) is 0 Å². The highest BCUT2D eigenvalue weighted by atomic mass is 16.5. The number of benzene rings is 8. The van der Waals surface area contributed by atoms with E-state index < -0.39 is 5.41 Å². The molecule has 54 heavy (non-hydrogen) atoms. The van der Waals surface area contributed by atoms with E-state index in [0.717, 1.165) is 50.8 Å². The molecule has 0 aromatic heterocycles. The van der Waals surface area contributed by atoms with Gasteiger partial charge in [0.15, 0.2) is 0 Å². The maximum atomic E-state index is 6.94. The van der Waals surface area contributed by atoms with E-state index in [0.29, 0.717) is 0 Å². The van der Waals surface area contributed by atoms with Gasteiger partial charge in [-0.1, -0.05) is 182 Å². The molecule has 1 N–H and O–H groups in total. The summed E-state index contributed by atoms with van der Waals surface area (Å²) in [7, 11) is 0. The Morgan fingerprint density at radius 1 is 0.426 bits per heavy atom. The van der Waals surface area contributed by atoms with E-state index in [1.165, 1.54) is 44.5 Å². The normalized spacial score (nSPS) is 15.4. The second-order valence-electron chi connectivity index (χ2n) is 14.3. The molecule has 11 rings (SSSR count). The quantitative estimate of drug-likeness (QED) is 0.199. The summed E-state index contributed by atoms with van der Waals surface area (Å²) >= 11 is 0. The average molecular weight is 691 g/mol. The summed E-state index contributed by atoms with van der Waals surface area (Å²) in [6.45, 7) is 0. The predicted molar refractivity (Wildman–Crippen MR) is 219 cm³/mol. The first kappa shape index (κ1) is 30.6. The molecule has 1 atom stereocenters. The molecule has 1 unspecified atom stereocenters. The third kappa shape index (κ3) is 4.45. The zero-order valence-corrected chi connectivity index (χ0v) is 29.4. The third-order valence-corrected chi connectivity index (χ3v) is 11.5. The smallest absolute Gasteiger partial charge is 0.140 e. The van der Waals surface area contributed by atoms with E-state index in [1.807, 2.05) is 0 Å². The van der Waals surface area contributed by atoms with Crippen LogP contribution in [0, 0.1) is 0 Å². The van der Waals surface area contributed by atoms with Gasteiger partial charge in [0, 0.05) is 27.8 Å². The van der Waals surface area contributed by atoms with Crippen LogP contribution >= 0.6 is 0 Å². The number of para-hydroxylation sites is 3. The average Bonchev–Trinajstić information content (AvgIpc) is 3.54. The van der Waals surface area contributed by atoms with Crippen LogP contribution in [-0.4, -0.2) is 5.84 Å². The van der Waals surface area contributed by atoms with Crippen molar-refractivity contribution in [1.29, 1.82) is 0 Å². The van der Waals surface area contributed by atoms with Crippen LogP contribution in [0.1, 0.15) is 45.0 Å². The summed E-state index contributed by atoms with van der Waals surface area (Å²) in [4.78, 5) is 5.17. The van der Waals surface area contributed by atoms with E-state index in [4.69, 9.17) is 9.73 Å². The monoisotopic (exact) mass is 690 g/mol. The Balaban J connectivity index is 1.02. The van der Waals surface area contributed by atoms with E-state index >= 15 is 0 Å². The standard InChI is InChI=1S/C51H34N2O/c1-2-15-35(16-3-1)48-41-21-8-12-27-46(41)52-50(53-48)40-20-5-4-17-36(40)33-29-31-34(32-30-33)37-22-14-26-45-49(37)54-47-28-13-11-25-44(47)51(45)42-23-9-6-18-38(42)39-19-7-10-24-43(39)51/h1-32,48H,(H,52,53). The molecule has 0 bridgehead atoms. The van der Waals surface area contributed by atoms with Gasteiger partial charge in [-0.15, -0.1) is 0 Å². The highest BCUT2D eigenvalue weighted by Gasteiger charge is 2.51. The van der Waals surface area contributed by atoms with Crippen LogP contribution in [0.4, 0.5) is 5.69 Å². The Kier molecular flexibility index (Phi) is 6.83. The van der Waals surface area contributed by atoms with Crippen molar-refractivity contribution >= 4 is 11.5 Å². The van der Waals surface area contributed by atoms with Gasteiger partial charge in [-0.2, -0.15) is 0 Å². The van der Waals surface area contributed by atoms with Crippen LogP contribution in [0.25, 0.3) is 33.4 Å². The van der Waals surface area contributed by atoms with Crippen LogP contribution in [0.3, 0.4) is 0 Å². The van der Waals surface area contributed by atoms with E-state index in [2.05, 4.69) is 199 Å². The summed E-state index contributed by atoms with van der Waals surface area (Å²) in [5.41, 5.74) is 15.9. The van der Waals surface area contributed by atoms with Crippen molar-refractivity contribution in [3.8, 4) is 44.9 Å². The number of amidine groups is 1. The lowest BCUT2D eigenvalue weighted by atomic mass is 9.65. The molecular weight excluding hydrogens is 657 g/mol. The van der Waals surface area contributed by atoms with E-state index in [9.17, 15) is 0 Å². The van der Waals surface area contributed by atoms with Crippen molar-refractivity contribution in [2.24, 2.45) is 4.99 Å². The minimum atomic E-state index is -0.490. The second-order valence-corrected chi connectivity index (χ2v) is 14.3. The maximum absolute atomic E-state index is 6.94. The number of nitrogens with one attached hydrogen (secondary N) is 1. The van der Waals surface area contributed by atoms with Crippen LogP contribution < -0.4 is 10.1 Å². The Hall–Kier alpha value is -6.97. The van der Waals surface area contributed by atoms with Gasteiger partial charge in [-0.25, -0.2) is 4.99 Å². The highest BCUT2D eigenvalue weighted by molar-refractivity contribution is 6.07. The minimum absolute atomic E-state index is 0.00168. The lowest BCUT2D eigenvalue weighted by molar-refractivity contribution is 0.438. The Morgan fingerprint density at radius 2 is 0.963 bits per heavy atom. The number of rotatable bonds is 4. The molecule has 1 spiro atoms. The van der Waals surface area contributed by atoms with Crippen LogP contribution in [-0.2, 0) is 5.41 Å². The number of aliphatic imine (C=N–C) groups is 1. The molecule has 3 heteroatoms. The third-order valence-electron chi connectivity index (χ3n) is 11.5. The summed E-state index contributed by atoms with van der Waals surface area (Å²) in [6, 6.07) is 69.5. The molecule has 8 aromatic rings. The molecule has 0 amide bonds. The van der Waals surface area contributed by atoms with Gasteiger partial charge < -0.3 is 10.1 Å². The molecule has 3 aliphatic rings. The fraction of sp³-hybridized carbons (Fsp3) is 0.0392. The first-order valence-corrected chi connectivity index (χ1v) is 18.6. The number of ether oxygens (including phenoxy) is 1. The van der Waals surface area contributed by atoms with E-state index in [1.54, 1.807) is 0 Å². The summed E-state index contributed by atoms with van der Waals surface area (Å²) in [5.74, 6) is 2.67. The zero-order chi connectivity index (χ0) is 35.6. The predicted octanol–water partition coefficient (Wildman–Crippen LogP) is 12.3. The Morgan fingerprint density at radius 3 is 1.70 bits per heavy atom. The largest absolute Gasteiger partial charge is 0.456 e. The molecule has 8 aromatic carbocycles. The van der Waals surface area contributed by atoms with Gasteiger partial charge in [-0.05, 0) is 56.6 Å². The van der Waals surface area contributed by atoms with Crippen LogP contribution in [0.2, 0.25) is 0 Å². The second kappa shape index (κ2) is 12.0. The maximum Gasteiger partial charge on any atom is 0.140 e. The highest BCUT2D eigenvalue weighted by Crippen LogP contribution is 2.63. The van der Waals surface area contributed by atoms with Crippen molar-refractivity contribution in [2.45, 2.75) is 11.5 Å². The molecule has 2 heterocycles. The van der Waals surface area contributed by atoms with Crippen molar-refractivity contribution < 1.29 is 4.74 Å². The van der Waals surface area contributed by atoms with Gasteiger partial charge in [0.1, 0.15) is 17.3 Å². The van der Waals surface area contributed by atoms with Gasteiger partial charge in [0.2, 0.25) is 0 Å². The molecule has 0 saturated heterocycles.